The molecule has 0 radical (unpaired) electrons. The summed E-state index contributed by atoms with van der Waals surface area (Å²) in [6.07, 6.45) is 1.47. The zero-order chi connectivity index (χ0) is 16.4. The zero-order valence-corrected chi connectivity index (χ0v) is 13.4. The predicted molar refractivity (Wildman–Crippen MR) is 93.2 cm³/mol. The number of hydrogen-bond acceptors (Lipinski definition) is 3. The van der Waals surface area contributed by atoms with Gasteiger partial charge in [0, 0.05) is 11.1 Å². The van der Waals surface area contributed by atoms with Crippen molar-refractivity contribution in [3.63, 3.8) is 0 Å². The van der Waals surface area contributed by atoms with Crippen LogP contribution in [-0.4, -0.2) is 6.61 Å². The Balaban J connectivity index is 2.02. The fourth-order valence-corrected chi connectivity index (χ4v) is 2.36. The molecular weight excluding hydrogens is 312 g/mol. The molecule has 0 amide bonds. The standard InChI is InChI=1S/C19H15ClO3/c1-12(2)10-22-15-7-8-16-18(9-15)23-11-17(19(16)21)13-3-5-14(20)6-4-13/h3-9,11H,1,10H2,2H3. The van der Waals surface area contributed by atoms with Crippen LogP contribution in [0.4, 0.5) is 0 Å². The van der Waals surface area contributed by atoms with Gasteiger partial charge >= 0.3 is 0 Å². The topological polar surface area (TPSA) is 39.4 Å². The first-order valence-corrected chi connectivity index (χ1v) is 7.51. The quantitative estimate of drug-likeness (QED) is 0.628. The highest BCUT2D eigenvalue weighted by Gasteiger charge is 2.10. The lowest BCUT2D eigenvalue weighted by Gasteiger charge is -2.07. The Labute approximate surface area is 138 Å². The van der Waals surface area contributed by atoms with Gasteiger partial charge in [-0.15, -0.1) is 0 Å². The van der Waals surface area contributed by atoms with Gasteiger partial charge in [-0.2, -0.15) is 0 Å². The van der Waals surface area contributed by atoms with Crippen LogP contribution in [0.5, 0.6) is 5.75 Å². The molecule has 1 aromatic heterocycles. The fourth-order valence-electron chi connectivity index (χ4n) is 2.23. The van der Waals surface area contributed by atoms with E-state index in [0.717, 1.165) is 11.1 Å². The molecule has 1 heterocycles. The molecule has 0 fully saturated rings. The molecule has 0 N–H and O–H groups in total. The minimum Gasteiger partial charge on any atom is -0.489 e. The second kappa shape index (κ2) is 6.31. The Bertz CT molecular complexity index is 923. The number of fused-ring (bicyclic) bond motifs is 1. The van der Waals surface area contributed by atoms with Crippen molar-refractivity contribution in [1.82, 2.24) is 0 Å². The lowest BCUT2D eigenvalue weighted by molar-refractivity contribution is 0.352. The average Bonchev–Trinajstić information content (AvgIpc) is 2.54. The van der Waals surface area contributed by atoms with Crippen LogP contribution in [0.3, 0.4) is 0 Å². The number of hydrogen-bond donors (Lipinski definition) is 0. The number of rotatable bonds is 4. The monoisotopic (exact) mass is 326 g/mol. The maximum Gasteiger partial charge on any atom is 0.200 e. The van der Waals surface area contributed by atoms with Gasteiger partial charge < -0.3 is 9.15 Å². The predicted octanol–water partition coefficient (Wildman–Crippen LogP) is 5.07. The van der Waals surface area contributed by atoms with Crippen molar-refractivity contribution in [3.8, 4) is 16.9 Å². The summed E-state index contributed by atoms with van der Waals surface area (Å²) in [7, 11) is 0. The van der Waals surface area contributed by atoms with Crippen LogP contribution in [0.25, 0.3) is 22.1 Å². The van der Waals surface area contributed by atoms with Gasteiger partial charge in [-0.05, 0) is 42.3 Å². The van der Waals surface area contributed by atoms with Gasteiger partial charge in [0.25, 0.3) is 0 Å². The van der Waals surface area contributed by atoms with Crippen molar-refractivity contribution in [2.45, 2.75) is 6.92 Å². The van der Waals surface area contributed by atoms with E-state index in [4.69, 9.17) is 20.8 Å². The van der Waals surface area contributed by atoms with Gasteiger partial charge in [-0.25, -0.2) is 0 Å². The highest BCUT2D eigenvalue weighted by Crippen LogP contribution is 2.24. The Morgan fingerprint density at radius 3 is 2.65 bits per heavy atom. The molecule has 3 aromatic rings. The summed E-state index contributed by atoms with van der Waals surface area (Å²) in [6, 6.07) is 12.3. The van der Waals surface area contributed by atoms with E-state index in [1.54, 1.807) is 42.5 Å². The second-order valence-corrected chi connectivity index (χ2v) is 5.83. The second-order valence-electron chi connectivity index (χ2n) is 5.39. The molecule has 0 aliphatic rings. The summed E-state index contributed by atoms with van der Waals surface area (Å²) in [4.78, 5) is 12.6. The molecule has 3 nitrogen and oxygen atoms in total. The average molecular weight is 327 g/mol. The third-order valence-electron chi connectivity index (χ3n) is 3.39. The first-order chi connectivity index (χ1) is 11.0. The number of ether oxygens (including phenoxy) is 1. The Morgan fingerprint density at radius 2 is 1.96 bits per heavy atom. The van der Waals surface area contributed by atoms with Crippen LogP contribution in [0.2, 0.25) is 5.02 Å². The summed E-state index contributed by atoms with van der Waals surface area (Å²) < 4.78 is 11.2. The molecule has 0 unspecified atom stereocenters. The first-order valence-electron chi connectivity index (χ1n) is 7.13. The highest BCUT2D eigenvalue weighted by molar-refractivity contribution is 6.30. The molecular formula is C19H15ClO3. The third-order valence-corrected chi connectivity index (χ3v) is 3.64. The SMILES string of the molecule is C=C(C)COc1ccc2c(=O)c(-c3ccc(Cl)cc3)coc2c1. The van der Waals surface area contributed by atoms with E-state index in [-0.39, 0.29) is 5.43 Å². The van der Waals surface area contributed by atoms with Crippen molar-refractivity contribution in [1.29, 1.82) is 0 Å². The fraction of sp³-hybridized carbons (Fsp3) is 0.105. The van der Waals surface area contributed by atoms with E-state index >= 15 is 0 Å². The Kier molecular flexibility index (Phi) is 4.22. The molecule has 2 aromatic carbocycles. The van der Waals surface area contributed by atoms with E-state index in [9.17, 15) is 4.79 Å². The van der Waals surface area contributed by atoms with Crippen LogP contribution < -0.4 is 10.2 Å². The van der Waals surface area contributed by atoms with Gasteiger partial charge in [-0.3, -0.25) is 4.79 Å². The summed E-state index contributed by atoms with van der Waals surface area (Å²) in [5.41, 5.74) is 2.61. The van der Waals surface area contributed by atoms with Gasteiger partial charge in [0.15, 0.2) is 5.43 Å². The van der Waals surface area contributed by atoms with Crippen LogP contribution >= 0.6 is 11.6 Å². The molecule has 0 atom stereocenters. The van der Waals surface area contributed by atoms with Gasteiger partial charge in [0.05, 0.1) is 10.9 Å². The van der Waals surface area contributed by atoms with E-state index in [1.807, 2.05) is 6.92 Å². The lowest BCUT2D eigenvalue weighted by Crippen LogP contribution is -2.05. The zero-order valence-electron chi connectivity index (χ0n) is 12.6. The lowest BCUT2D eigenvalue weighted by atomic mass is 10.1. The van der Waals surface area contributed by atoms with Crippen molar-refractivity contribution >= 4 is 22.6 Å². The van der Waals surface area contributed by atoms with Gasteiger partial charge in [-0.1, -0.05) is 30.3 Å². The Hall–Kier alpha value is -2.52. The maximum atomic E-state index is 12.6. The van der Waals surface area contributed by atoms with Crippen molar-refractivity contribution in [3.05, 3.63) is 76.1 Å². The Morgan fingerprint density at radius 1 is 1.22 bits per heavy atom. The molecule has 0 bridgehead atoms. The van der Waals surface area contributed by atoms with Gasteiger partial charge in [0.1, 0.15) is 24.2 Å². The summed E-state index contributed by atoms with van der Waals surface area (Å²) >= 11 is 5.88. The summed E-state index contributed by atoms with van der Waals surface area (Å²) in [5, 5.41) is 1.14. The maximum absolute atomic E-state index is 12.6. The van der Waals surface area contributed by atoms with Crippen LogP contribution in [0.1, 0.15) is 6.92 Å². The molecule has 0 saturated carbocycles. The molecule has 0 aliphatic carbocycles. The van der Waals surface area contributed by atoms with Crippen molar-refractivity contribution in [2.24, 2.45) is 0 Å². The molecule has 0 aliphatic heterocycles. The van der Waals surface area contributed by atoms with Crippen LogP contribution in [0, 0.1) is 0 Å². The van der Waals surface area contributed by atoms with Gasteiger partial charge in [0.2, 0.25) is 0 Å². The normalized spacial score (nSPS) is 10.7. The minimum absolute atomic E-state index is 0.0833. The van der Waals surface area contributed by atoms with E-state index in [2.05, 4.69) is 6.58 Å². The highest BCUT2D eigenvalue weighted by atomic mass is 35.5. The largest absolute Gasteiger partial charge is 0.489 e. The summed E-state index contributed by atoms with van der Waals surface area (Å²) in [6.45, 7) is 6.11. The molecule has 0 spiro atoms. The molecule has 0 saturated heterocycles. The van der Waals surface area contributed by atoms with Crippen molar-refractivity contribution in [2.75, 3.05) is 6.61 Å². The first kappa shape index (κ1) is 15.4. The van der Waals surface area contributed by atoms with E-state index < -0.39 is 0 Å². The van der Waals surface area contributed by atoms with E-state index in [0.29, 0.717) is 33.9 Å². The smallest absolute Gasteiger partial charge is 0.200 e. The molecule has 116 valence electrons. The minimum atomic E-state index is -0.0833. The van der Waals surface area contributed by atoms with Crippen molar-refractivity contribution < 1.29 is 9.15 Å². The van der Waals surface area contributed by atoms with Crippen LogP contribution in [-0.2, 0) is 0 Å². The van der Waals surface area contributed by atoms with E-state index in [1.165, 1.54) is 6.26 Å². The molecule has 23 heavy (non-hydrogen) atoms. The van der Waals surface area contributed by atoms with Crippen LogP contribution in [0.15, 0.2) is 70.1 Å². The summed E-state index contributed by atoms with van der Waals surface area (Å²) in [5.74, 6) is 0.642. The number of benzene rings is 2. The number of halogens is 1. The molecule has 3 rings (SSSR count). The molecule has 4 heteroatoms. The third kappa shape index (κ3) is 3.30.